The van der Waals surface area contributed by atoms with Crippen molar-refractivity contribution in [2.75, 3.05) is 45.3 Å². The van der Waals surface area contributed by atoms with E-state index < -0.39 is 15.6 Å². The van der Waals surface area contributed by atoms with Gasteiger partial charge in [0.15, 0.2) is 0 Å². The zero-order valence-corrected chi connectivity index (χ0v) is 19.5. The number of carbonyl (C=O) groups is 1. The molecule has 9 heteroatoms. The van der Waals surface area contributed by atoms with E-state index in [1.807, 2.05) is 0 Å². The van der Waals surface area contributed by atoms with Gasteiger partial charge in [0, 0.05) is 72.7 Å². The van der Waals surface area contributed by atoms with Gasteiger partial charge in [-0.05, 0) is 37.8 Å². The van der Waals surface area contributed by atoms with Gasteiger partial charge in [0.05, 0.1) is 6.61 Å². The van der Waals surface area contributed by atoms with Crippen molar-refractivity contribution in [1.82, 2.24) is 9.80 Å². The Morgan fingerprint density at radius 2 is 1.97 bits per heavy atom. The molecule has 168 valence electrons. The Balaban J connectivity index is 1.62. The molecule has 31 heavy (non-hydrogen) atoms. The number of fused-ring (bicyclic) bond motifs is 1. The van der Waals surface area contributed by atoms with Crippen LogP contribution in [0.15, 0.2) is 44.3 Å². The van der Waals surface area contributed by atoms with Crippen LogP contribution in [-0.4, -0.2) is 77.9 Å². The first kappa shape index (κ1) is 23.1. The molecule has 1 atom stereocenters. The van der Waals surface area contributed by atoms with E-state index in [9.17, 15) is 9.00 Å². The lowest BCUT2D eigenvalue weighted by Crippen LogP contribution is -2.48. The second-order valence-corrected chi connectivity index (χ2v) is 10.7. The second kappa shape index (κ2) is 9.74. The maximum atomic E-state index is 12.0. The molecule has 3 rings (SSSR count). The van der Waals surface area contributed by atoms with Crippen LogP contribution in [0.2, 0.25) is 0 Å². The van der Waals surface area contributed by atoms with Crippen LogP contribution in [0.3, 0.4) is 0 Å². The number of aliphatic imine (C=N–C) groups is 2. The number of hydrogen-bond donors (Lipinski definition) is 0. The lowest BCUT2D eigenvalue weighted by Gasteiger charge is -2.38. The van der Waals surface area contributed by atoms with Crippen molar-refractivity contribution in [2.24, 2.45) is 14.3 Å². The van der Waals surface area contributed by atoms with E-state index in [1.54, 1.807) is 6.92 Å². The average Bonchev–Trinajstić information content (AvgIpc) is 3.20. The van der Waals surface area contributed by atoms with Crippen molar-refractivity contribution < 1.29 is 13.7 Å². The predicted octanol–water partition coefficient (Wildman–Crippen LogP) is 2.51. The minimum Gasteiger partial charge on any atom is -0.493 e. The van der Waals surface area contributed by atoms with Crippen molar-refractivity contribution in [3.05, 3.63) is 41.1 Å². The molecule has 2 aliphatic heterocycles. The summed E-state index contributed by atoms with van der Waals surface area (Å²) in [6.07, 6.45) is 5.26. The smallest absolute Gasteiger partial charge is 0.282 e. The van der Waals surface area contributed by atoms with Gasteiger partial charge in [0.2, 0.25) is 5.96 Å². The highest BCUT2D eigenvalue weighted by Crippen LogP contribution is 2.31. The summed E-state index contributed by atoms with van der Waals surface area (Å²) < 4.78 is 21.1. The maximum Gasteiger partial charge on any atom is 0.282 e. The number of piperazine rings is 1. The van der Waals surface area contributed by atoms with Gasteiger partial charge in [0.25, 0.3) is 5.91 Å². The van der Waals surface area contributed by atoms with Crippen molar-refractivity contribution >= 4 is 28.3 Å². The summed E-state index contributed by atoms with van der Waals surface area (Å²) >= 11 is 0. The van der Waals surface area contributed by atoms with Crippen molar-refractivity contribution in [1.29, 1.82) is 0 Å². The Bertz CT molecular complexity index is 1020. The maximum absolute atomic E-state index is 12.0. The third-order valence-electron chi connectivity index (χ3n) is 5.50. The van der Waals surface area contributed by atoms with Gasteiger partial charge in [-0.1, -0.05) is 12.1 Å². The third kappa shape index (κ3) is 6.01. The number of rotatable bonds is 4. The van der Waals surface area contributed by atoms with Crippen molar-refractivity contribution in [2.45, 2.75) is 26.3 Å². The molecule has 1 aromatic rings. The molecule has 0 spiro atoms. The first-order valence-electron chi connectivity index (χ1n) is 10.4. The quantitative estimate of drug-likeness (QED) is 0.404. The summed E-state index contributed by atoms with van der Waals surface area (Å²) in [5.41, 5.74) is 2.85. The Morgan fingerprint density at radius 3 is 2.61 bits per heavy atom. The van der Waals surface area contributed by atoms with Gasteiger partial charge < -0.3 is 9.64 Å². The van der Waals surface area contributed by atoms with Crippen LogP contribution in [0.25, 0.3) is 0 Å². The summed E-state index contributed by atoms with van der Waals surface area (Å²) in [6.45, 7) is 11.4. The van der Waals surface area contributed by atoms with Crippen LogP contribution >= 0.6 is 0 Å². The van der Waals surface area contributed by atoms with E-state index in [0.717, 1.165) is 45.0 Å². The Kier molecular flexibility index (Phi) is 7.27. The molecule has 8 nitrogen and oxygen atoms in total. The highest BCUT2D eigenvalue weighted by atomic mass is 32.2. The molecule has 1 saturated heterocycles. The molecule has 2 aliphatic rings. The summed E-state index contributed by atoms with van der Waals surface area (Å²) in [7, 11) is -2.50. The van der Waals surface area contributed by atoms with Crippen molar-refractivity contribution in [3.63, 3.8) is 0 Å². The number of ether oxygens (including phenoxy) is 1. The molecule has 0 aromatic heterocycles. The fourth-order valence-corrected chi connectivity index (χ4v) is 4.21. The zero-order valence-electron chi connectivity index (χ0n) is 18.7. The van der Waals surface area contributed by atoms with Gasteiger partial charge in [-0.25, -0.2) is 14.2 Å². The molecule has 1 fully saturated rings. The van der Waals surface area contributed by atoms with Gasteiger partial charge in [-0.15, -0.1) is 0 Å². The zero-order chi connectivity index (χ0) is 22.6. The topological polar surface area (TPSA) is 86.9 Å². The van der Waals surface area contributed by atoms with E-state index in [2.05, 4.69) is 56.0 Å². The summed E-state index contributed by atoms with van der Waals surface area (Å²) in [6, 6.07) is 6.82. The predicted molar refractivity (Wildman–Crippen MR) is 125 cm³/mol. The van der Waals surface area contributed by atoms with Gasteiger partial charge in [-0.3, -0.25) is 9.69 Å². The van der Waals surface area contributed by atoms with Crippen LogP contribution in [0.1, 0.15) is 31.0 Å². The number of carbonyl (C=O) groups excluding carboxylic acids is 1. The summed E-state index contributed by atoms with van der Waals surface area (Å²) in [5, 5.41) is 0. The minimum absolute atomic E-state index is 0.285. The van der Waals surface area contributed by atoms with Crippen LogP contribution in [-0.2, 0) is 20.9 Å². The fraction of sp³-hybridized carbons (Fsp3) is 0.500. The third-order valence-corrected chi connectivity index (χ3v) is 6.11. The Morgan fingerprint density at radius 1 is 1.26 bits per heavy atom. The summed E-state index contributed by atoms with van der Waals surface area (Å²) in [4.78, 5) is 24.8. The van der Waals surface area contributed by atoms with Crippen LogP contribution in [0, 0.1) is 0 Å². The highest BCUT2D eigenvalue weighted by molar-refractivity contribution is 7.92. The molecule has 0 radical (unpaired) electrons. The van der Waals surface area contributed by atoms with E-state index in [0.29, 0.717) is 11.5 Å². The molecule has 1 amide bonds. The van der Waals surface area contributed by atoms with Gasteiger partial charge >= 0.3 is 0 Å². The number of amides is 1. The van der Waals surface area contributed by atoms with Gasteiger partial charge in [-0.2, -0.15) is 4.36 Å². The highest BCUT2D eigenvalue weighted by Gasteiger charge is 2.24. The lowest BCUT2D eigenvalue weighted by atomic mass is 10.0. The molecule has 2 heterocycles. The number of nitrogens with zero attached hydrogens (tertiary/aromatic N) is 5. The monoisotopic (exact) mass is 445 g/mol. The number of guanidine groups is 1. The summed E-state index contributed by atoms with van der Waals surface area (Å²) in [5.74, 6) is 0.955. The largest absolute Gasteiger partial charge is 0.493 e. The van der Waals surface area contributed by atoms with Crippen molar-refractivity contribution in [3.8, 4) is 5.75 Å². The number of benzene rings is 1. The first-order valence-corrected chi connectivity index (χ1v) is 12.7. The Hall–Kier alpha value is -2.52. The van der Waals surface area contributed by atoms with E-state index in [1.165, 1.54) is 29.8 Å². The lowest BCUT2D eigenvalue weighted by molar-refractivity contribution is -0.114. The first-order chi connectivity index (χ1) is 14.7. The van der Waals surface area contributed by atoms with Gasteiger partial charge in [0.1, 0.15) is 5.75 Å². The molecule has 0 N–H and O–H groups in total. The standard InChI is InChI=1S/C22H31N5O3S/c1-16(21(28)25-31(4,5)29)15-24-22(23-3)27-11-9-26(10-12-27)17(2)19-7-6-18-8-13-30-20(18)14-19/h6-7,14-15,17H,3,8-13H2,1-2,4-5H3/b16-15+,24-22+. The molecule has 1 aromatic carbocycles. The molecular weight excluding hydrogens is 414 g/mol. The molecule has 0 bridgehead atoms. The minimum atomic E-state index is -2.50. The number of hydrogen-bond acceptors (Lipinski definition) is 5. The average molecular weight is 446 g/mol. The fourth-order valence-electron chi connectivity index (χ4n) is 3.67. The molecule has 0 saturated carbocycles. The normalized spacial score (nSPS) is 18.9. The molecular formula is C22H31N5O3S. The van der Waals surface area contributed by atoms with Crippen LogP contribution < -0.4 is 4.74 Å². The molecule has 0 aliphatic carbocycles. The molecule has 1 unspecified atom stereocenters. The van der Waals surface area contributed by atoms with E-state index in [-0.39, 0.29) is 6.04 Å². The Labute approximate surface area is 184 Å². The second-order valence-electron chi connectivity index (χ2n) is 8.14. The van der Waals surface area contributed by atoms with Crippen LogP contribution in [0.5, 0.6) is 5.75 Å². The van der Waals surface area contributed by atoms with Crippen LogP contribution in [0.4, 0.5) is 0 Å². The SMILES string of the molecule is C=N/C(=N\C=C(/C)C(=O)N=S(C)(C)=O)N1CCN(C(C)c2ccc3c(c2)OCC3)CC1. The van der Waals surface area contributed by atoms with E-state index in [4.69, 9.17) is 4.74 Å². The van der Waals surface area contributed by atoms with E-state index >= 15 is 0 Å².